The van der Waals surface area contributed by atoms with Crippen LogP contribution in [0.2, 0.25) is 0 Å². The number of rotatable bonds is 7. The second kappa shape index (κ2) is 9.45. The summed E-state index contributed by atoms with van der Waals surface area (Å²) in [5, 5.41) is 1.10. The molecule has 1 fully saturated rings. The summed E-state index contributed by atoms with van der Waals surface area (Å²) in [4.78, 5) is 13.7. The molecule has 1 aliphatic carbocycles. The fourth-order valence-corrected chi connectivity index (χ4v) is 6.34. The lowest BCUT2D eigenvalue weighted by Crippen LogP contribution is -2.13. The molecule has 0 aliphatic heterocycles. The summed E-state index contributed by atoms with van der Waals surface area (Å²) in [5.74, 6) is 6.13. The highest BCUT2D eigenvalue weighted by Crippen LogP contribution is 2.41. The Labute approximate surface area is 209 Å². The summed E-state index contributed by atoms with van der Waals surface area (Å²) in [7, 11) is -2.08. The Kier molecular flexibility index (Phi) is 6.51. The lowest BCUT2D eigenvalue weighted by atomic mass is 9.79. The van der Waals surface area contributed by atoms with E-state index < -0.39 is 9.52 Å². The summed E-state index contributed by atoms with van der Waals surface area (Å²) < 4.78 is 14.4. The van der Waals surface area contributed by atoms with Gasteiger partial charge in [-0.05, 0) is 77.2 Å². The van der Waals surface area contributed by atoms with Gasteiger partial charge in [-0.15, -0.1) is 0 Å². The van der Waals surface area contributed by atoms with Gasteiger partial charge < -0.3 is 9.55 Å². The van der Waals surface area contributed by atoms with E-state index in [0.717, 1.165) is 39.2 Å². The van der Waals surface area contributed by atoms with Gasteiger partial charge in [-0.25, -0.2) is 4.98 Å². The minimum absolute atomic E-state index is 0.321. The Morgan fingerprint density at radius 1 is 1.20 bits per heavy atom. The number of aromatic amines is 1. The Balaban J connectivity index is 1.60. The molecule has 4 aromatic heterocycles. The summed E-state index contributed by atoms with van der Waals surface area (Å²) in [5.41, 5.74) is 7.88. The third-order valence-electron chi connectivity index (χ3n) is 7.79. The molecule has 5 rings (SSSR count). The number of nitrogens with zero attached hydrogens (tertiary/aromatic N) is 3. The van der Waals surface area contributed by atoms with Crippen LogP contribution in [0, 0.1) is 5.92 Å². The first kappa shape index (κ1) is 24.1. The third kappa shape index (κ3) is 4.77. The zero-order chi connectivity index (χ0) is 24.7. The number of aryl methyl sites for hydroxylation is 1. The van der Waals surface area contributed by atoms with Gasteiger partial charge in [0.25, 0.3) is 0 Å². The SMILES string of the molecule is C=S(C)(=O)CCn1cc(-c2[nH]c3ccc(C4CCC(CC)CC4)nc3c2C(C)C)c2cccnc21. The minimum Gasteiger partial charge on any atom is -0.353 e. The van der Waals surface area contributed by atoms with Crippen LogP contribution >= 0.6 is 0 Å². The zero-order valence-corrected chi connectivity index (χ0v) is 22.3. The van der Waals surface area contributed by atoms with Gasteiger partial charge in [0.05, 0.1) is 16.7 Å². The van der Waals surface area contributed by atoms with Crippen molar-refractivity contribution >= 4 is 37.5 Å². The first-order chi connectivity index (χ1) is 16.7. The lowest BCUT2D eigenvalue weighted by molar-refractivity contribution is 0.316. The Hall–Kier alpha value is -2.60. The van der Waals surface area contributed by atoms with Crippen LogP contribution in [0.4, 0.5) is 0 Å². The number of fused-ring (bicyclic) bond motifs is 2. The molecule has 0 saturated heterocycles. The van der Waals surface area contributed by atoms with Crippen LogP contribution in [0.3, 0.4) is 0 Å². The van der Waals surface area contributed by atoms with Crippen LogP contribution < -0.4 is 0 Å². The smallest absolute Gasteiger partial charge is 0.140 e. The van der Waals surface area contributed by atoms with E-state index in [2.05, 4.69) is 65.6 Å². The third-order valence-corrected chi connectivity index (χ3v) is 8.83. The van der Waals surface area contributed by atoms with Crippen molar-refractivity contribution in [2.24, 2.45) is 5.92 Å². The molecule has 0 amide bonds. The van der Waals surface area contributed by atoms with Crippen molar-refractivity contribution in [3.05, 3.63) is 47.9 Å². The Bertz CT molecular complexity index is 1450. The van der Waals surface area contributed by atoms with Crippen LogP contribution in [-0.4, -0.2) is 41.6 Å². The van der Waals surface area contributed by atoms with Gasteiger partial charge in [0, 0.05) is 59.1 Å². The first-order valence-corrected chi connectivity index (χ1v) is 15.3. The zero-order valence-electron chi connectivity index (χ0n) is 21.5. The van der Waals surface area contributed by atoms with Gasteiger partial charge >= 0.3 is 0 Å². The molecule has 0 aromatic carbocycles. The molecule has 1 unspecified atom stereocenters. The van der Waals surface area contributed by atoms with Crippen molar-refractivity contribution in [1.82, 2.24) is 19.5 Å². The first-order valence-electron chi connectivity index (χ1n) is 13.0. The molecule has 0 radical (unpaired) electrons. The molecular formula is C29H38N4OS. The van der Waals surface area contributed by atoms with Crippen molar-refractivity contribution in [2.75, 3.05) is 12.0 Å². The quantitative estimate of drug-likeness (QED) is 0.292. The predicted molar refractivity (Wildman–Crippen MR) is 150 cm³/mol. The van der Waals surface area contributed by atoms with Gasteiger partial charge in [0.15, 0.2) is 0 Å². The summed E-state index contributed by atoms with van der Waals surface area (Å²) >= 11 is 0. The number of aromatic nitrogens is 4. The van der Waals surface area contributed by atoms with E-state index in [-0.39, 0.29) is 0 Å². The molecule has 1 N–H and O–H groups in total. The molecule has 1 aliphatic rings. The van der Waals surface area contributed by atoms with E-state index in [0.29, 0.717) is 24.1 Å². The molecule has 0 bridgehead atoms. The highest BCUT2D eigenvalue weighted by molar-refractivity contribution is 7.99. The monoisotopic (exact) mass is 490 g/mol. The maximum Gasteiger partial charge on any atom is 0.140 e. The molecule has 1 saturated carbocycles. The summed E-state index contributed by atoms with van der Waals surface area (Å²) in [6.07, 6.45) is 12.1. The van der Waals surface area contributed by atoms with E-state index in [4.69, 9.17) is 4.98 Å². The number of pyridine rings is 2. The molecule has 0 spiro atoms. The highest BCUT2D eigenvalue weighted by atomic mass is 32.2. The molecule has 4 heterocycles. The molecule has 1 atom stereocenters. The maximum atomic E-state index is 12.3. The summed E-state index contributed by atoms with van der Waals surface area (Å²) in [6.45, 7) is 7.45. The highest BCUT2D eigenvalue weighted by Gasteiger charge is 2.25. The van der Waals surface area contributed by atoms with Gasteiger partial charge in [-0.2, -0.15) is 0 Å². The molecule has 186 valence electrons. The van der Waals surface area contributed by atoms with Crippen LogP contribution in [-0.2, 0) is 16.1 Å². The number of hydrogen-bond donors (Lipinski definition) is 1. The van der Waals surface area contributed by atoms with E-state index >= 15 is 0 Å². The van der Waals surface area contributed by atoms with Crippen molar-refractivity contribution < 1.29 is 4.21 Å². The molecule has 4 aromatic rings. The average molecular weight is 491 g/mol. The van der Waals surface area contributed by atoms with Crippen LogP contribution in [0.15, 0.2) is 36.7 Å². The normalized spacial score (nSPS) is 20.6. The molecule has 6 heteroatoms. The Morgan fingerprint density at radius 3 is 2.66 bits per heavy atom. The van der Waals surface area contributed by atoms with Crippen molar-refractivity contribution in [2.45, 2.75) is 71.3 Å². The van der Waals surface area contributed by atoms with Crippen LogP contribution in [0.25, 0.3) is 33.3 Å². The topological polar surface area (TPSA) is 63.6 Å². The average Bonchev–Trinajstić information content (AvgIpc) is 3.40. The van der Waals surface area contributed by atoms with Crippen molar-refractivity contribution in [3.63, 3.8) is 0 Å². The minimum atomic E-state index is -2.08. The lowest BCUT2D eigenvalue weighted by Gasteiger charge is -2.27. The van der Waals surface area contributed by atoms with Gasteiger partial charge in [-0.3, -0.25) is 9.19 Å². The van der Waals surface area contributed by atoms with Gasteiger partial charge in [0.2, 0.25) is 0 Å². The molecule has 5 nitrogen and oxygen atoms in total. The maximum absolute atomic E-state index is 12.3. The number of H-pyrrole nitrogens is 1. The predicted octanol–water partition coefficient (Wildman–Crippen LogP) is 6.73. The van der Waals surface area contributed by atoms with Crippen LogP contribution in [0.5, 0.6) is 0 Å². The van der Waals surface area contributed by atoms with Crippen LogP contribution in [0.1, 0.15) is 76.0 Å². The van der Waals surface area contributed by atoms with E-state index in [1.165, 1.54) is 43.4 Å². The van der Waals surface area contributed by atoms with Crippen molar-refractivity contribution in [1.29, 1.82) is 0 Å². The van der Waals surface area contributed by atoms with E-state index in [1.54, 1.807) is 6.26 Å². The number of nitrogens with one attached hydrogen (secondary N) is 1. The number of hydrogen-bond acceptors (Lipinski definition) is 3. The largest absolute Gasteiger partial charge is 0.353 e. The molecular weight excluding hydrogens is 452 g/mol. The standard InChI is InChI=1S/C29H38N4OS/c1-6-20-9-11-21(12-10-20)24-13-14-25-28(31-24)26(19(2)3)27(32-25)23-18-33(16-17-35(4,5)34)29-22(23)8-7-15-30-29/h7-8,13-15,18-21,32H,4,6,9-12,16-17H2,1-3,5H3. The Morgan fingerprint density at radius 2 is 1.97 bits per heavy atom. The summed E-state index contributed by atoms with van der Waals surface area (Å²) in [6, 6.07) is 8.58. The second-order valence-corrected chi connectivity index (χ2v) is 13.6. The van der Waals surface area contributed by atoms with E-state index in [1.807, 2.05) is 12.3 Å². The van der Waals surface area contributed by atoms with E-state index in [9.17, 15) is 4.21 Å². The fraction of sp³-hybridized carbons (Fsp3) is 0.483. The van der Waals surface area contributed by atoms with Crippen molar-refractivity contribution in [3.8, 4) is 11.3 Å². The second-order valence-electron chi connectivity index (χ2n) is 10.8. The fourth-order valence-electron chi connectivity index (χ4n) is 5.75. The van der Waals surface area contributed by atoms with Gasteiger partial charge in [0.1, 0.15) is 5.65 Å². The van der Waals surface area contributed by atoms with Gasteiger partial charge in [-0.1, -0.05) is 27.2 Å². The molecule has 35 heavy (non-hydrogen) atoms.